The number of unbranched alkanes of at least 4 members (excludes halogenated alkanes) is 1. The molecule has 0 radical (unpaired) electrons. The smallest absolute Gasteiger partial charge is 0.000781 e. The molecule has 2 heteroatoms. The first-order valence-corrected chi connectivity index (χ1v) is 7.68. The molecule has 1 aliphatic rings. The molecule has 0 saturated heterocycles. The molecule has 102 valence electrons. The Morgan fingerprint density at radius 1 is 1.00 bits per heavy atom. The van der Waals surface area contributed by atoms with Crippen molar-refractivity contribution in [3.8, 4) is 0 Å². The van der Waals surface area contributed by atoms with Gasteiger partial charge in [0.05, 0.1) is 0 Å². The predicted octanol–water partition coefficient (Wildman–Crippen LogP) is 3.33. The van der Waals surface area contributed by atoms with Gasteiger partial charge in [0.25, 0.3) is 0 Å². The Morgan fingerprint density at radius 2 is 1.76 bits per heavy atom. The fourth-order valence-electron chi connectivity index (χ4n) is 3.11. The summed E-state index contributed by atoms with van der Waals surface area (Å²) in [6.45, 7) is 5.92. The van der Waals surface area contributed by atoms with Crippen LogP contribution >= 0.6 is 0 Å². The summed E-state index contributed by atoms with van der Waals surface area (Å²) in [5, 5.41) is 6.98. The molecule has 0 atom stereocenters. The maximum absolute atomic E-state index is 3.70. The van der Waals surface area contributed by atoms with Crippen molar-refractivity contribution in [2.24, 2.45) is 5.41 Å². The van der Waals surface area contributed by atoms with E-state index < -0.39 is 0 Å². The van der Waals surface area contributed by atoms with Crippen LogP contribution in [0.15, 0.2) is 0 Å². The van der Waals surface area contributed by atoms with Crippen molar-refractivity contribution in [2.75, 3.05) is 26.7 Å². The molecule has 0 aliphatic heterocycles. The van der Waals surface area contributed by atoms with E-state index in [0.717, 1.165) is 0 Å². The zero-order valence-corrected chi connectivity index (χ0v) is 12.0. The molecule has 1 aliphatic carbocycles. The minimum Gasteiger partial charge on any atom is -0.320 e. The van der Waals surface area contributed by atoms with Crippen LogP contribution in [0.4, 0.5) is 0 Å². The lowest BCUT2D eigenvalue weighted by atomic mass is 9.71. The van der Waals surface area contributed by atoms with Crippen LogP contribution in [0.1, 0.15) is 64.7 Å². The zero-order chi connectivity index (χ0) is 12.4. The molecule has 0 amide bonds. The second-order valence-electron chi connectivity index (χ2n) is 5.80. The van der Waals surface area contributed by atoms with Crippen LogP contribution in [0, 0.1) is 5.41 Å². The number of hydrogen-bond donors (Lipinski definition) is 2. The topological polar surface area (TPSA) is 24.1 Å². The van der Waals surface area contributed by atoms with E-state index in [-0.39, 0.29) is 0 Å². The van der Waals surface area contributed by atoms with Crippen molar-refractivity contribution in [3.05, 3.63) is 0 Å². The molecule has 1 rings (SSSR count). The van der Waals surface area contributed by atoms with E-state index in [1.54, 1.807) is 0 Å². The van der Waals surface area contributed by atoms with Crippen LogP contribution in [0.5, 0.6) is 0 Å². The molecule has 0 heterocycles. The molecule has 0 aromatic carbocycles. The molecule has 2 nitrogen and oxygen atoms in total. The van der Waals surface area contributed by atoms with Crippen molar-refractivity contribution in [3.63, 3.8) is 0 Å². The van der Waals surface area contributed by atoms with Gasteiger partial charge >= 0.3 is 0 Å². The van der Waals surface area contributed by atoms with Crippen LogP contribution in [0.3, 0.4) is 0 Å². The highest BCUT2D eigenvalue weighted by Crippen LogP contribution is 2.39. The zero-order valence-electron chi connectivity index (χ0n) is 12.0. The first-order valence-electron chi connectivity index (χ1n) is 7.68. The highest BCUT2D eigenvalue weighted by molar-refractivity contribution is 4.85. The van der Waals surface area contributed by atoms with Gasteiger partial charge in [-0.15, -0.1) is 0 Å². The largest absolute Gasteiger partial charge is 0.320 e. The van der Waals surface area contributed by atoms with Crippen LogP contribution in [0.2, 0.25) is 0 Å². The molecule has 0 unspecified atom stereocenters. The van der Waals surface area contributed by atoms with E-state index in [2.05, 4.69) is 24.6 Å². The minimum atomic E-state index is 0.628. The molecular formula is C15H32N2. The van der Waals surface area contributed by atoms with Crippen LogP contribution < -0.4 is 10.6 Å². The fourth-order valence-corrected chi connectivity index (χ4v) is 3.11. The van der Waals surface area contributed by atoms with E-state index in [1.807, 2.05) is 0 Å². The summed E-state index contributed by atoms with van der Waals surface area (Å²) in [6.07, 6.45) is 12.7. The molecule has 0 spiro atoms. The van der Waals surface area contributed by atoms with Gasteiger partial charge in [0.1, 0.15) is 0 Å². The summed E-state index contributed by atoms with van der Waals surface area (Å²) in [6, 6.07) is 0. The van der Waals surface area contributed by atoms with Gasteiger partial charge in [-0.05, 0) is 57.7 Å². The van der Waals surface area contributed by atoms with Crippen molar-refractivity contribution >= 4 is 0 Å². The predicted molar refractivity (Wildman–Crippen MR) is 76.5 cm³/mol. The first kappa shape index (κ1) is 15.0. The summed E-state index contributed by atoms with van der Waals surface area (Å²) in [5.41, 5.74) is 0.628. The highest BCUT2D eigenvalue weighted by atomic mass is 14.9. The van der Waals surface area contributed by atoms with Gasteiger partial charge in [0.2, 0.25) is 0 Å². The first-order chi connectivity index (χ1) is 8.33. The Kier molecular flexibility index (Phi) is 7.87. The fraction of sp³-hybridized carbons (Fsp3) is 1.00. The molecule has 0 aromatic rings. The second kappa shape index (κ2) is 8.93. The third-order valence-corrected chi connectivity index (χ3v) is 4.26. The van der Waals surface area contributed by atoms with Crippen molar-refractivity contribution in [1.29, 1.82) is 0 Å². The van der Waals surface area contributed by atoms with Gasteiger partial charge in [-0.25, -0.2) is 0 Å². The van der Waals surface area contributed by atoms with Crippen molar-refractivity contribution in [2.45, 2.75) is 64.7 Å². The molecule has 0 aromatic heterocycles. The van der Waals surface area contributed by atoms with E-state index in [9.17, 15) is 0 Å². The Balaban J connectivity index is 2.29. The van der Waals surface area contributed by atoms with Gasteiger partial charge in [0, 0.05) is 6.54 Å². The third kappa shape index (κ3) is 5.87. The summed E-state index contributed by atoms with van der Waals surface area (Å²) >= 11 is 0. The molecular weight excluding hydrogens is 208 g/mol. The third-order valence-electron chi connectivity index (χ3n) is 4.26. The van der Waals surface area contributed by atoms with Gasteiger partial charge in [0.15, 0.2) is 0 Å². The summed E-state index contributed by atoms with van der Waals surface area (Å²) < 4.78 is 0. The highest BCUT2D eigenvalue weighted by Gasteiger charge is 2.30. The lowest BCUT2D eigenvalue weighted by Gasteiger charge is -2.38. The minimum absolute atomic E-state index is 0.628. The van der Waals surface area contributed by atoms with E-state index in [0.29, 0.717) is 5.41 Å². The average Bonchev–Trinajstić information content (AvgIpc) is 2.36. The van der Waals surface area contributed by atoms with Crippen LogP contribution in [-0.4, -0.2) is 26.7 Å². The maximum atomic E-state index is 3.70. The van der Waals surface area contributed by atoms with E-state index in [1.165, 1.54) is 77.4 Å². The molecule has 0 bridgehead atoms. The number of rotatable bonds is 9. The number of hydrogen-bond acceptors (Lipinski definition) is 2. The van der Waals surface area contributed by atoms with Gasteiger partial charge in [-0.3, -0.25) is 0 Å². The van der Waals surface area contributed by atoms with Gasteiger partial charge < -0.3 is 10.6 Å². The van der Waals surface area contributed by atoms with E-state index in [4.69, 9.17) is 0 Å². The van der Waals surface area contributed by atoms with Gasteiger partial charge in [-0.2, -0.15) is 0 Å². The lowest BCUT2D eigenvalue weighted by molar-refractivity contribution is 0.163. The van der Waals surface area contributed by atoms with Gasteiger partial charge in [-0.1, -0.05) is 32.6 Å². The maximum Gasteiger partial charge on any atom is 0.000781 e. The number of nitrogens with one attached hydrogen (secondary N) is 2. The molecule has 2 N–H and O–H groups in total. The second-order valence-corrected chi connectivity index (χ2v) is 5.80. The Morgan fingerprint density at radius 3 is 2.41 bits per heavy atom. The molecule has 1 saturated carbocycles. The van der Waals surface area contributed by atoms with Crippen molar-refractivity contribution in [1.82, 2.24) is 10.6 Å². The Bertz CT molecular complexity index is 174. The van der Waals surface area contributed by atoms with Crippen LogP contribution in [0.25, 0.3) is 0 Å². The standard InChI is InChI=1S/C15H32N2/c1-3-4-13-17-14-15(11-8-12-16-2)9-6-5-7-10-15/h16-17H,3-14H2,1-2H3. The molecule has 1 fully saturated rings. The lowest BCUT2D eigenvalue weighted by Crippen LogP contribution is -2.37. The summed E-state index contributed by atoms with van der Waals surface area (Å²) in [4.78, 5) is 0. The quantitative estimate of drug-likeness (QED) is 0.604. The summed E-state index contributed by atoms with van der Waals surface area (Å²) in [7, 11) is 2.06. The van der Waals surface area contributed by atoms with E-state index >= 15 is 0 Å². The SMILES string of the molecule is CCCCNCC1(CCCNC)CCCCC1. The molecule has 17 heavy (non-hydrogen) atoms. The monoisotopic (exact) mass is 240 g/mol. The normalized spacial score (nSPS) is 19.4. The average molecular weight is 240 g/mol. The summed E-state index contributed by atoms with van der Waals surface area (Å²) in [5.74, 6) is 0. The Hall–Kier alpha value is -0.0800. The van der Waals surface area contributed by atoms with Crippen molar-refractivity contribution < 1.29 is 0 Å². The van der Waals surface area contributed by atoms with Crippen LogP contribution in [-0.2, 0) is 0 Å². The Labute approximate surface area is 108 Å².